The molecule has 0 atom stereocenters. The van der Waals surface area contributed by atoms with E-state index in [2.05, 4.69) is 4.42 Å². The Morgan fingerprint density at radius 2 is 2.18 bits per heavy atom. The van der Waals surface area contributed by atoms with Gasteiger partial charge in [0.15, 0.2) is 0 Å². The van der Waals surface area contributed by atoms with E-state index < -0.39 is 15.0 Å². The SMILES string of the molecule is CS(=O)(=O)C(=O)c1ccoc1. The quantitative estimate of drug-likeness (QED) is 0.620. The van der Waals surface area contributed by atoms with Gasteiger partial charge in [-0.2, -0.15) is 0 Å². The fourth-order valence-corrected chi connectivity index (χ4v) is 1.14. The van der Waals surface area contributed by atoms with Crippen LogP contribution in [0.15, 0.2) is 23.0 Å². The van der Waals surface area contributed by atoms with Crippen molar-refractivity contribution in [3.05, 3.63) is 24.2 Å². The average molecular weight is 174 g/mol. The maximum Gasteiger partial charge on any atom is 0.279 e. The molecular weight excluding hydrogens is 168 g/mol. The number of rotatable bonds is 1. The van der Waals surface area contributed by atoms with E-state index in [-0.39, 0.29) is 5.56 Å². The van der Waals surface area contributed by atoms with Crippen LogP contribution < -0.4 is 0 Å². The molecule has 4 nitrogen and oxygen atoms in total. The minimum absolute atomic E-state index is 0.0625. The Labute approximate surface area is 63.7 Å². The molecule has 0 amide bonds. The van der Waals surface area contributed by atoms with Crippen LogP contribution in [0.1, 0.15) is 10.4 Å². The molecule has 60 valence electrons. The summed E-state index contributed by atoms with van der Waals surface area (Å²) in [6.07, 6.45) is 3.21. The van der Waals surface area contributed by atoms with Crippen LogP contribution in [-0.2, 0) is 9.84 Å². The predicted molar refractivity (Wildman–Crippen MR) is 37.9 cm³/mol. The Hall–Kier alpha value is -1.10. The Balaban J connectivity index is 3.07. The van der Waals surface area contributed by atoms with Crippen molar-refractivity contribution in [2.24, 2.45) is 0 Å². The van der Waals surface area contributed by atoms with Gasteiger partial charge in [0.25, 0.3) is 5.12 Å². The highest BCUT2D eigenvalue weighted by molar-refractivity contribution is 8.06. The molecule has 0 spiro atoms. The highest BCUT2D eigenvalue weighted by Gasteiger charge is 2.18. The average Bonchev–Trinajstić information content (AvgIpc) is 2.34. The molecule has 1 aromatic heterocycles. The minimum atomic E-state index is -3.62. The molecular formula is C6H6O4S. The fourth-order valence-electron chi connectivity index (χ4n) is 0.595. The topological polar surface area (TPSA) is 64.3 Å². The minimum Gasteiger partial charge on any atom is -0.472 e. The fraction of sp³-hybridized carbons (Fsp3) is 0.167. The lowest BCUT2D eigenvalue weighted by Crippen LogP contribution is -2.11. The second kappa shape index (κ2) is 2.50. The molecule has 1 heterocycles. The summed E-state index contributed by atoms with van der Waals surface area (Å²) in [6, 6.07) is 1.31. The van der Waals surface area contributed by atoms with Crippen molar-refractivity contribution in [2.75, 3.05) is 6.26 Å². The standard InChI is InChI=1S/C6H6O4S/c1-11(8,9)6(7)5-2-3-10-4-5/h2-4H,1H3. The molecule has 5 heteroatoms. The van der Waals surface area contributed by atoms with E-state index in [9.17, 15) is 13.2 Å². The second-order valence-corrected chi connectivity index (χ2v) is 3.99. The van der Waals surface area contributed by atoms with E-state index in [4.69, 9.17) is 0 Å². The maximum atomic E-state index is 10.9. The highest BCUT2D eigenvalue weighted by atomic mass is 32.2. The molecule has 11 heavy (non-hydrogen) atoms. The first kappa shape index (κ1) is 8.00. The first-order valence-corrected chi connectivity index (χ1v) is 4.67. The zero-order valence-electron chi connectivity index (χ0n) is 5.77. The van der Waals surface area contributed by atoms with Gasteiger partial charge in [-0.3, -0.25) is 4.79 Å². The lowest BCUT2D eigenvalue weighted by molar-refractivity contribution is 0.107. The Bertz CT molecular complexity index is 346. The summed E-state index contributed by atoms with van der Waals surface area (Å²) in [5, 5.41) is -0.911. The van der Waals surface area contributed by atoms with Crippen LogP contribution in [-0.4, -0.2) is 19.8 Å². The molecule has 0 aliphatic rings. The summed E-state index contributed by atoms with van der Waals surface area (Å²) in [5.41, 5.74) is 0.0625. The molecule has 0 saturated heterocycles. The van der Waals surface area contributed by atoms with Gasteiger partial charge < -0.3 is 4.42 Å². The summed E-state index contributed by atoms with van der Waals surface area (Å²) >= 11 is 0. The van der Waals surface area contributed by atoms with Gasteiger partial charge in [-0.1, -0.05) is 0 Å². The second-order valence-electron chi connectivity index (χ2n) is 2.07. The van der Waals surface area contributed by atoms with Crippen LogP contribution in [0.5, 0.6) is 0 Å². The lowest BCUT2D eigenvalue weighted by atomic mass is 10.4. The molecule has 0 N–H and O–H groups in total. The van der Waals surface area contributed by atoms with Gasteiger partial charge >= 0.3 is 0 Å². The van der Waals surface area contributed by atoms with Gasteiger partial charge in [-0.15, -0.1) is 0 Å². The van der Waals surface area contributed by atoms with Crippen molar-refractivity contribution in [3.63, 3.8) is 0 Å². The van der Waals surface area contributed by atoms with Crippen LogP contribution in [0.25, 0.3) is 0 Å². The van der Waals surface area contributed by atoms with Crippen molar-refractivity contribution in [3.8, 4) is 0 Å². The summed E-state index contributed by atoms with van der Waals surface area (Å²) in [7, 11) is -3.62. The third kappa shape index (κ3) is 1.68. The first-order chi connectivity index (χ1) is 5.02. The molecule has 0 fully saturated rings. The molecule has 0 bridgehead atoms. The molecule has 0 aliphatic carbocycles. The van der Waals surface area contributed by atoms with Gasteiger partial charge in [-0.05, 0) is 6.07 Å². The van der Waals surface area contributed by atoms with Gasteiger partial charge in [0.05, 0.1) is 11.8 Å². The summed E-state index contributed by atoms with van der Waals surface area (Å²) in [6.45, 7) is 0. The Morgan fingerprint density at radius 1 is 1.55 bits per heavy atom. The number of sulfone groups is 1. The van der Waals surface area contributed by atoms with Crippen LogP contribution in [0, 0.1) is 0 Å². The van der Waals surface area contributed by atoms with E-state index in [1.165, 1.54) is 12.3 Å². The molecule has 0 saturated carbocycles. The van der Waals surface area contributed by atoms with E-state index in [0.717, 1.165) is 12.5 Å². The molecule has 0 aromatic carbocycles. The van der Waals surface area contributed by atoms with E-state index in [1.807, 2.05) is 0 Å². The number of hydrogen-bond donors (Lipinski definition) is 0. The van der Waals surface area contributed by atoms with Crippen molar-refractivity contribution < 1.29 is 17.6 Å². The summed E-state index contributed by atoms with van der Waals surface area (Å²) < 4.78 is 25.8. The smallest absolute Gasteiger partial charge is 0.279 e. The van der Waals surface area contributed by atoms with Crippen molar-refractivity contribution >= 4 is 15.0 Å². The van der Waals surface area contributed by atoms with Gasteiger partial charge in [0.1, 0.15) is 6.26 Å². The predicted octanol–water partition coefficient (Wildman–Crippen LogP) is 0.464. The van der Waals surface area contributed by atoms with Crippen LogP contribution in [0.4, 0.5) is 0 Å². The number of hydrogen-bond acceptors (Lipinski definition) is 4. The summed E-state index contributed by atoms with van der Waals surface area (Å²) in [4.78, 5) is 10.9. The van der Waals surface area contributed by atoms with E-state index in [0.29, 0.717) is 0 Å². The summed E-state index contributed by atoms with van der Waals surface area (Å²) in [5.74, 6) is 0. The van der Waals surface area contributed by atoms with Crippen molar-refractivity contribution in [1.29, 1.82) is 0 Å². The molecule has 1 rings (SSSR count). The number of carbonyl (C=O) groups is 1. The van der Waals surface area contributed by atoms with Gasteiger partial charge in [0.2, 0.25) is 9.84 Å². The van der Waals surface area contributed by atoms with Crippen molar-refractivity contribution in [1.82, 2.24) is 0 Å². The zero-order chi connectivity index (χ0) is 8.48. The Kier molecular flexibility index (Phi) is 1.82. The Morgan fingerprint density at radius 3 is 2.55 bits per heavy atom. The molecule has 0 unspecified atom stereocenters. The van der Waals surface area contributed by atoms with E-state index in [1.54, 1.807) is 0 Å². The molecule has 1 aromatic rings. The third-order valence-electron chi connectivity index (χ3n) is 1.09. The molecule has 0 aliphatic heterocycles. The van der Waals surface area contributed by atoms with E-state index >= 15 is 0 Å². The van der Waals surface area contributed by atoms with Gasteiger partial charge in [-0.25, -0.2) is 8.42 Å². The largest absolute Gasteiger partial charge is 0.472 e. The monoisotopic (exact) mass is 174 g/mol. The number of carbonyl (C=O) groups excluding carboxylic acids is 1. The highest BCUT2D eigenvalue weighted by Crippen LogP contribution is 2.04. The first-order valence-electron chi connectivity index (χ1n) is 2.78. The van der Waals surface area contributed by atoms with Crippen LogP contribution in [0.3, 0.4) is 0 Å². The normalized spacial score (nSPS) is 11.4. The van der Waals surface area contributed by atoms with Crippen LogP contribution >= 0.6 is 0 Å². The van der Waals surface area contributed by atoms with Crippen molar-refractivity contribution in [2.45, 2.75) is 0 Å². The van der Waals surface area contributed by atoms with Crippen LogP contribution in [0.2, 0.25) is 0 Å². The number of furan rings is 1. The third-order valence-corrected chi connectivity index (χ3v) is 2.00. The van der Waals surface area contributed by atoms with Gasteiger partial charge in [0, 0.05) is 6.26 Å². The maximum absolute atomic E-state index is 10.9. The molecule has 0 radical (unpaired) electrons. The zero-order valence-corrected chi connectivity index (χ0v) is 6.59. The lowest BCUT2D eigenvalue weighted by Gasteiger charge is -1.89.